The molecule has 2 aromatic rings. The van der Waals surface area contributed by atoms with Crippen LogP contribution < -0.4 is 26.6 Å². The van der Waals surface area contributed by atoms with Crippen LogP contribution in [0, 0.1) is 17.8 Å². The zero-order chi connectivity index (χ0) is 55.1. The van der Waals surface area contributed by atoms with E-state index < -0.39 is 121 Å². The Kier molecular flexibility index (Phi) is 26.0. The van der Waals surface area contributed by atoms with Crippen LogP contribution in [0.2, 0.25) is 0 Å². The van der Waals surface area contributed by atoms with Gasteiger partial charge < -0.3 is 56.4 Å². The lowest BCUT2D eigenvalue weighted by atomic mass is 9.98. The van der Waals surface area contributed by atoms with Gasteiger partial charge in [-0.3, -0.25) is 33.6 Å². The van der Waals surface area contributed by atoms with Crippen LogP contribution in [0.5, 0.6) is 5.75 Å². The first kappa shape index (κ1) is 61.7. The van der Waals surface area contributed by atoms with E-state index in [9.17, 15) is 53.7 Å². The molecule has 19 heteroatoms. The Morgan fingerprint density at radius 1 is 0.757 bits per heavy atom. The fraction of sp³-hybridized carbons (Fsp3) is 0.564. The molecule has 74 heavy (non-hydrogen) atoms. The summed E-state index contributed by atoms with van der Waals surface area (Å²) >= 11 is 0. The number of aliphatic hydroxyl groups is 2. The smallest absolute Gasteiger partial charge is 0.329 e. The number of cyclic esters (lactones) is 1. The van der Waals surface area contributed by atoms with Crippen LogP contribution >= 0.6 is 0 Å². The third-order valence-corrected chi connectivity index (χ3v) is 12.8. The fourth-order valence-corrected chi connectivity index (χ4v) is 8.37. The van der Waals surface area contributed by atoms with Crippen LogP contribution in [0.4, 0.5) is 0 Å². The van der Waals surface area contributed by atoms with Gasteiger partial charge in [0.25, 0.3) is 0 Å². The summed E-state index contributed by atoms with van der Waals surface area (Å²) in [7, 11) is 2.91. The van der Waals surface area contributed by atoms with Crippen molar-refractivity contribution in [3.05, 3.63) is 90.0 Å². The molecule has 1 aliphatic rings. The number of hydrogen-bond donors (Lipinski definition) is 8. The number of hydrogen-bond acceptors (Lipinski definition) is 12. The van der Waals surface area contributed by atoms with Crippen LogP contribution in [0.25, 0.3) is 0 Å². The zero-order valence-electron chi connectivity index (χ0n) is 44.5. The molecule has 0 spiro atoms. The number of likely N-dealkylation sites (N-methyl/N-ethyl adjacent to an activating group) is 2. The second-order valence-electron chi connectivity index (χ2n) is 20.0. The molecule has 0 unspecified atom stereocenters. The number of phenols is 1. The molecule has 1 heterocycles. The second kappa shape index (κ2) is 31.2. The van der Waals surface area contributed by atoms with Crippen molar-refractivity contribution in [2.24, 2.45) is 17.8 Å². The Balaban J connectivity index is 1.73. The molecule has 0 bridgehead atoms. The average Bonchev–Trinajstić information content (AvgIpc) is 3.35. The van der Waals surface area contributed by atoms with Crippen LogP contribution in [0.1, 0.15) is 105 Å². The van der Waals surface area contributed by atoms with E-state index in [1.165, 1.54) is 42.1 Å². The lowest BCUT2D eigenvalue weighted by molar-refractivity contribution is -0.157. The van der Waals surface area contributed by atoms with Crippen molar-refractivity contribution in [3.63, 3.8) is 0 Å². The van der Waals surface area contributed by atoms with Crippen LogP contribution in [0.3, 0.4) is 0 Å². The minimum Gasteiger partial charge on any atom is -0.508 e. The highest BCUT2D eigenvalue weighted by atomic mass is 16.5. The minimum atomic E-state index is -1.67. The first-order valence-corrected chi connectivity index (χ1v) is 25.7. The van der Waals surface area contributed by atoms with Crippen LogP contribution in [-0.2, 0) is 55.9 Å². The molecule has 8 N–H and O–H groups in total. The third kappa shape index (κ3) is 20.0. The molecule has 7 amide bonds. The van der Waals surface area contributed by atoms with E-state index in [0.717, 1.165) is 43.7 Å². The maximum absolute atomic E-state index is 13.9. The number of nitrogens with one attached hydrogen (secondary N) is 5. The van der Waals surface area contributed by atoms with Gasteiger partial charge in [0, 0.05) is 39.4 Å². The minimum absolute atomic E-state index is 0.00792. The van der Waals surface area contributed by atoms with Crippen molar-refractivity contribution < 1.29 is 58.4 Å². The molecule has 0 saturated carbocycles. The number of carbonyl (C=O) groups excluding carboxylic acids is 8. The number of ether oxygens (including phenoxy) is 1. The first-order chi connectivity index (χ1) is 35.1. The zero-order valence-corrected chi connectivity index (χ0v) is 44.5. The van der Waals surface area contributed by atoms with Gasteiger partial charge in [-0.15, -0.1) is 0 Å². The maximum Gasteiger partial charge on any atom is 0.329 e. The normalized spacial score (nSPS) is 19.2. The van der Waals surface area contributed by atoms with Crippen LogP contribution in [0.15, 0.2) is 78.9 Å². The molecule has 0 aromatic heterocycles. The largest absolute Gasteiger partial charge is 0.508 e. The number of amides is 7. The summed E-state index contributed by atoms with van der Waals surface area (Å²) in [5.41, 5.74) is 1.39. The van der Waals surface area contributed by atoms with E-state index in [4.69, 9.17) is 4.74 Å². The lowest BCUT2D eigenvalue weighted by Crippen LogP contribution is -2.59. The summed E-state index contributed by atoms with van der Waals surface area (Å²) in [6.45, 7) is 11.1. The number of rotatable bonds is 26. The molecular weight excluding hydrogens is 951 g/mol. The quantitative estimate of drug-likeness (QED) is 0.0384. The van der Waals surface area contributed by atoms with Gasteiger partial charge in [-0.05, 0) is 53.9 Å². The Morgan fingerprint density at radius 3 is 2.01 bits per heavy atom. The summed E-state index contributed by atoms with van der Waals surface area (Å²) in [6.07, 6.45) is 9.31. The van der Waals surface area contributed by atoms with Gasteiger partial charge in [0.2, 0.25) is 41.4 Å². The summed E-state index contributed by atoms with van der Waals surface area (Å²) in [4.78, 5) is 112. The number of aliphatic hydroxyl groups excluding tert-OH is 2. The monoisotopic (exact) mass is 1030 g/mol. The molecule has 3 rings (SSSR count). The standard InChI is InChI=1S/C55H81N7O12/c1-10-11-12-13-14-15-19-22-45(66)57-41(29-37-20-17-16-18-21-37)51(69)60-49(35(4)5)53(71)58-42(32-63)44(65)31-46(67)59-48(34(2)3)52(70)56-39-25-28-47(68)62(9)50(36(6)7)54(72)61(8)43(55(73)74-33-39)30-38-23-26-40(64)27-24-38/h15-21,23-28,34-36,39,41-44,48-50,63-65H,10-14,22,29-33H2,1-9H3,(H,56,70)(H,57,66)(H,58,71)(H,59,67)(H,60,69)/b19-15-,28-25+/t39-,41+,42+,43+,44+,48+,49+,50+/m1/s1. The highest BCUT2D eigenvalue weighted by molar-refractivity contribution is 5.95. The number of esters is 1. The van der Waals surface area contributed by atoms with Gasteiger partial charge in [0.05, 0.1) is 31.2 Å². The molecule has 19 nitrogen and oxygen atoms in total. The summed E-state index contributed by atoms with van der Waals surface area (Å²) < 4.78 is 5.70. The van der Waals surface area contributed by atoms with Gasteiger partial charge in [-0.1, -0.05) is 128 Å². The Morgan fingerprint density at radius 2 is 1.41 bits per heavy atom. The molecule has 0 radical (unpaired) electrons. The van der Waals surface area contributed by atoms with Crippen molar-refractivity contribution >= 4 is 47.3 Å². The lowest BCUT2D eigenvalue weighted by Gasteiger charge is -2.36. The van der Waals surface area contributed by atoms with Crippen molar-refractivity contribution in [2.75, 3.05) is 27.3 Å². The third-order valence-electron chi connectivity index (χ3n) is 12.8. The fourth-order valence-electron chi connectivity index (χ4n) is 8.37. The number of phenolic OH excluding ortho intramolecular Hbond substituents is 1. The van der Waals surface area contributed by atoms with Crippen molar-refractivity contribution in [1.82, 2.24) is 36.4 Å². The maximum atomic E-state index is 13.9. The van der Waals surface area contributed by atoms with Crippen LogP contribution in [-0.4, -0.2) is 148 Å². The summed E-state index contributed by atoms with van der Waals surface area (Å²) in [5, 5.41) is 44.8. The van der Waals surface area contributed by atoms with E-state index in [1.54, 1.807) is 59.8 Å². The van der Waals surface area contributed by atoms with Crippen molar-refractivity contribution in [2.45, 2.75) is 155 Å². The second-order valence-corrected chi connectivity index (χ2v) is 20.0. The predicted molar refractivity (Wildman–Crippen MR) is 280 cm³/mol. The molecule has 0 saturated heterocycles. The SMILES string of the molecule is CCCCCC/C=C\CC(=O)N[C@@H](Cc1ccccc1)C(=O)N[C@H](C(=O)N[C@@H](CO)[C@@H](O)CC(=O)N[C@H](C(=O)N[C@@H]1/C=C/C(=O)N(C)[C@@H](C(C)C)C(=O)N(C)[C@@H](Cc2ccc(O)cc2)C(=O)OC1)C(C)C)C(C)C. The number of benzene rings is 2. The molecule has 0 fully saturated rings. The number of unbranched alkanes of at least 4 members (excludes halogenated alkanes) is 4. The average molecular weight is 1030 g/mol. The topological polar surface area (TPSA) is 273 Å². The molecular formula is C55H81N7O12. The van der Waals surface area contributed by atoms with Gasteiger partial charge >= 0.3 is 5.97 Å². The molecule has 1 aliphatic heterocycles. The molecule has 0 aliphatic carbocycles. The van der Waals surface area contributed by atoms with E-state index >= 15 is 0 Å². The number of aromatic hydroxyl groups is 1. The van der Waals surface area contributed by atoms with E-state index in [1.807, 2.05) is 36.4 Å². The van der Waals surface area contributed by atoms with Gasteiger partial charge in [0.15, 0.2) is 0 Å². The highest BCUT2D eigenvalue weighted by Gasteiger charge is 2.38. The molecule has 8 atom stereocenters. The number of allylic oxidation sites excluding steroid dienone is 1. The first-order valence-electron chi connectivity index (χ1n) is 25.7. The van der Waals surface area contributed by atoms with E-state index in [-0.39, 0.29) is 36.8 Å². The van der Waals surface area contributed by atoms with Gasteiger partial charge in [-0.2, -0.15) is 0 Å². The Labute approximate surface area is 436 Å². The predicted octanol–water partition coefficient (Wildman–Crippen LogP) is 3.00. The Bertz CT molecular complexity index is 2220. The van der Waals surface area contributed by atoms with Gasteiger partial charge in [-0.25, -0.2) is 4.79 Å². The number of carbonyl (C=O) groups is 8. The summed E-state index contributed by atoms with van der Waals surface area (Å²) in [6, 6.07) is 7.10. The highest BCUT2D eigenvalue weighted by Crippen LogP contribution is 2.20. The van der Waals surface area contributed by atoms with Gasteiger partial charge in [0.1, 0.15) is 42.6 Å². The van der Waals surface area contributed by atoms with E-state index in [0.29, 0.717) is 5.56 Å². The van der Waals surface area contributed by atoms with Crippen molar-refractivity contribution in [1.29, 1.82) is 0 Å². The van der Waals surface area contributed by atoms with E-state index in [2.05, 4.69) is 33.5 Å². The summed E-state index contributed by atoms with van der Waals surface area (Å²) in [5.74, 6) is -6.56. The molecule has 408 valence electrons. The Hall–Kier alpha value is -6.60. The number of nitrogens with zero attached hydrogens (tertiary/aromatic N) is 2. The van der Waals surface area contributed by atoms with Crippen molar-refractivity contribution in [3.8, 4) is 5.75 Å². The molecule has 2 aromatic carbocycles.